The Bertz CT molecular complexity index is 492. The second-order valence-electron chi connectivity index (χ2n) is 4.84. The van der Waals surface area contributed by atoms with Gasteiger partial charge in [0, 0.05) is 17.4 Å². The topological polar surface area (TPSA) is 60.2 Å². The summed E-state index contributed by atoms with van der Waals surface area (Å²) in [6.45, 7) is 2.03. The van der Waals surface area contributed by atoms with E-state index in [2.05, 4.69) is 0 Å². The number of carbonyl (C=O) groups is 2. The van der Waals surface area contributed by atoms with Crippen molar-refractivity contribution in [3.63, 3.8) is 0 Å². The van der Waals surface area contributed by atoms with E-state index in [0.29, 0.717) is 6.42 Å². The number of nitrogens with two attached hydrogens (primary N) is 1. The van der Waals surface area contributed by atoms with Crippen LogP contribution in [0.15, 0.2) is 30.3 Å². The smallest absolute Gasteiger partial charge is 0.251 e. The second kappa shape index (κ2) is 6.68. The van der Waals surface area contributed by atoms with E-state index in [1.165, 1.54) is 23.5 Å². The summed E-state index contributed by atoms with van der Waals surface area (Å²) < 4.78 is -1.09. The molecular weight excluding hydrogens is 290 g/mol. The van der Waals surface area contributed by atoms with Gasteiger partial charge in [0.1, 0.15) is 0 Å². The maximum absolute atomic E-state index is 12.4. The lowest BCUT2D eigenvalue weighted by Gasteiger charge is -2.22. The summed E-state index contributed by atoms with van der Waals surface area (Å²) in [7, 11) is 0. The van der Waals surface area contributed by atoms with Crippen LogP contribution in [0, 0.1) is 0 Å². The van der Waals surface area contributed by atoms with Gasteiger partial charge in [0.05, 0.1) is 0 Å². The zero-order valence-corrected chi connectivity index (χ0v) is 13.1. The predicted molar refractivity (Wildman–Crippen MR) is 85.7 cm³/mol. The predicted octanol–water partition coefficient (Wildman–Crippen LogP) is 3.15. The number of Topliss-reactive ketones (excluding diaryl/α,β-unsaturated/α-hetero) is 1. The highest BCUT2D eigenvalue weighted by Crippen LogP contribution is 2.55. The highest BCUT2D eigenvalue weighted by atomic mass is 32.2. The first-order valence-corrected chi connectivity index (χ1v) is 8.66. The minimum Gasteiger partial charge on any atom is -0.367 e. The molecule has 2 atom stereocenters. The van der Waals surface area contributed by atoms with Crippen LogP contribution < -0.4 is 5.73 Å². The van der Waals surface area contributed by atoms with Gasteiger partial charge in [-0.2, -0.15) is 0 Å². The number of hydrogen-bond donors (Lipinski definition) is 1. The molecule has 5 heteroatoms. The van der Waals surface area contributed by atoms with Gasteiger partial charge in [-0.1, -0.05) is 43.7 Å². The molecule has 0 radical (unpaired) electrons. The quantitative estimate of drug-likeness (QED) is 0.820. The van der Waals surface area contributed by atoms with E-state index in [1.807, 2.05) is 37.3 Å². The molecule has 1 aromatic rings. The number of unbranched alkanes of at least 4 members (excludes halogenated alkanes) is 1. The van der Waals surface area contributed by atoms with Gasteiger partial charge in [-0.25, -0.2) is 0 Å². The first kappa shape index (κ1) is 15.4. The number of hydrogen-bond acceptors (Lipinski definition) is 4. The van der Waals surface area contributed by atoms with E-state index < -0.39 is 9.99 Å². The Hall–Kier alpha value is -0.940. The lowest BCUT2D eigenvalue weighted by molar-refractivity contribution is -0.126. The van der Waals surface area contributed by atoms with Crippen molar-refractivity contribution in [2.24, 2.45) is 5.73 Å². The van der Waals surface area contributed by atoms with E-state index in [9.17, 15) is 9.59 Å². The third kappa shape index (κ3) is 3.04. The maximum atomic E-state index is 12.4. The molecular formula is C15H19NO2S2. The SMILES string of the molecule is CCCCC(=O)[C@@]1(C(N)=O)SCC(c2ccccc2)S1. The first-order valence-electron chi connectivity index (χ1n) is 6.80. The number of primary amides is 1. The number of ketones is 1. The molecule has 0 spiro atoms. The Balaban J connectivity index is 2.16. The summed E-state index contributed by atoms with van der Waals surface area (Å²) in [6, 6.07) is 9.98. The molecule has 108 valence electrons. The molecule has 1 aliphatic heterocycles. The molecule has 0 bridgehead atoms. The van der Waals surface area contributed by atoms with Crippen LogP contribution in [0.1, 0.15) is 37.0 Å². The second-order valence-corrected chi connectivity index (χ2v) is 7.75. The number of thioether (sulfide) groups is 2. The van der Waals surface area contributed by atoms with Gasteiger partial charge in [-0.3, -0.25) is 9.59 Å². The normalized spacial score (nSPS) is 25.6. The van der Waals surface area contributed by atoms with Gasteiger partial charge in [-0.15, -0.1) is 23.5 Å². The van der Waals surface area contributed by atoms with Gasteiger partial charge >= 0.3 is 0 Å². The monoisotopic (exact) mass is 309 g/mol. The van der Waals surface area contributed by atoms with Gasteiger partial charge in [-0.05, 0) is 12.0 Å². The van der Waals surface area contributed by atoms with Crippen molar-refractivity contribution in [3.05, 3.63) is 35.9 Å². The van der Waals surface area contributed by atoms with E-state index in [0.717, 1.165) is 24.2 Å². The molecule has 2 rings (SSSR count). The third-order valence-electron chi connectivity index (χ3n) is 3.37. The Morgan fingerprint density at radius 1 is 1.35 bits per heavy atom. The summed E-state index contributed by atoms with van der Waals surface area (Å²) in [5.41, 5.74) is 6.69. The number of amides is 1. The highest BCUT2D eigenvalue weighted by molar-refractivity contribution is 8.23. The Morgan fingerprint density at radius 2 is 2.05 bits per heavy atom. The van der Waals surface area contributed by atoms with E-state index >= 15 is 0 Å². The molecule has 0 saturated carbocycles. The molecule has 20 heavy (non-hydrogen) atoms. The van der Waals surface area contributed by atoms with Crippen LogP contribution in [0.3, 0.4) is 0 Å². The number of carbonyl (C=O) groups excluding carboxylic acids is 2. The average Bonchev–Trinajstić information content (AvgIpc) is 2.92. The summed E-state index contributed by atoms with van der Waals surface area (Å²) in [6.07, 6.45) is 2.18. The summed E-state index contributed by atoms with van der Waals surface area (Å²) in [4.78, 5) is 24.3. The Morgan fingerprint density at radius 3 is 2.65 bits per heavy atom. The molecule has 0 aliphatic carbocycles. The number of benzene rings is 1. The minimum atomic E-state index is -1.09. The van der Waals surface area contributed by atoms with Crippen LogP contribution in [0.4, 0.5) is 0 Å². The van der Waals surface area contributed by atoms with Crippen LogP contribution in [0.2, 0.25) is 0 Å². The number of rotatable bonds is 6. The molecule has 1 heterocycles. The van der Waals surface area contributed by atoms with Crippen molar-refractivity contribution in [2.45, 2.75) is 35.5 Å². The molecule has 1 amide bonds. The zero-order valence-electron chi connectivity index (χ0n) is 11.5. The molecule has 0 aromatic heterocycles. The highest BCUT2D eigenvalue weighted by Gasteiger charge is 2.51. The molecule has 1 saturated heterocycles. The fraction of sp³-hybridized carbons (Fsp3) is 0.467. The van der Waals surface area contributed by atoms with Gasteiger partial charge in [0.15, 0.2) is 9.86 Å². The van der Waals surface area contributed by atoms with E-state index in [1.54, 1.807) is 0 Å². The fourth-order valence-electron chi connectivity index (χ4n) is 2.21. The van der Waals surface area contributed by atoms with Crippen LogP contribution in [0.25, 0.3) is 0 Å². The van der Waals surface area contributed by atoms with Crippen LogP contribution in [0.5, 0.6) is 0 Å². The standard InChI is InChI=1S/C15H19NO2S2/c1-2-3-9-13(17)15(14(16)18)19-10-12(20-15)11-7-5-4-6-8-11/h4-8,12H,2-3,9-10H2,1H3,(H2,16,18)/t12?,15-/m1/s1. The summed E-state index contributed by atoms with van der Waals surface area (Å²) in [5, 5.41) is 0.152. The van der Waals surface area contributed by atoms with Crippen molar-refractivity contribution in [2.75, 3.05) is 5.75 Å². The molecule has 3 nitrogen and oxygen atoms in total. The molecule has 2 N–H and O–H groups in total. The Kier molecular flexibility index (Phi) is 5.16. The van der Waals surface area contributed by atoms with Crippen molar-refractivity contribution >= 4 is 35.2 Å². The average molecular weight is 309 g/mol. The lowest BCUT2D eigenvalue weighted by atomic mass is 10.1. The van der Waals surface area contributed by atoms with Crippen molar-refractivity contribution in [1.29, 1.82) is 0 Å². The first-order chi connectivity index (χ1) is 9.60. The third-order valence-corrected chi connectivity index (χ3v) is 7.04. The van der Waals surface area contributed by atoms with Crippen LogP contribution >= 0.6 is 23.5 Å². The van der Waals surface area contributed by atoms with E-state index in [4.69, 9.17) is 5.73 Å². The van der Waals surface area contributed by atoms with Crippen molar-refractivity contribution in [1.82, 2.24) is 0 Å². The van der Waals surface area contributed by atoms with E-state index in [-0.39, 0.29) is 11.0 Å². The van der Waals surface area contributed by atoms with Gasteiger partial charge in [0.2, 0.25) is 0 Å². The fourth-order valence-corrected chi connectivity index (χ4v) is 5.54. The van der Waals surface area contributed by atoms with Gasteiger partial charge < -0.3 is 5.73 Å². The van der Waals surface area contributed by atoms with Gasteiger partial charge in [0.25, 0.3) is 5.91 Å². The minimum absolute atomic E-state index is 0.0275. The Labute approximate surface area is 128 Å². The largest absolute Gasteiger partial charge is 0.367 e. The molecule has 1 fully saturated rings. The molecule has 1 aliphatic rings. The lowest BCUT2D eigenvalue weighted by Crippen LogP contribution is -2.43. The molecule has 1 aromatic carbocycles. The van der Waals surface area contributed by atoms with Crippen molar-refractivity contribution < 1.29 is 9.59 Å². The zero-order chi connectivity index (χ0) is 14.6. The van der Waals surface area contributed by atoms with Crippen molar-refractivity contribution in [3.8, 4) is 0 Å². The maximum Gasteiger partial charge on any atom is 0.251 e. The summed E-state index contributed by atoms with van der Waals surface area (Å²) >= 11 is 2.82. The summed E-state index contributed by atoms with van der Waals surface area (Å²) in [5.74, 6) is 0.211. The van der Waals surface area contributed by atoms with Crippen LogP contribution in [-0.2, 0) is 9.59 Å². The molecule has 1 unspecified atom stereocenters. The van der Waals surface area contributed by atoms with Crippen LogP contribution in [-0.4, -0.2) is 21.5 Å².